The van der Waals surface area contributed by atoms with Crippen LogP contribution in [0.4, 0.5) is 33.7 Å². The molecular formula is C26H24F4N4O. The van der Waals surface area contributed by atoms with Gasteiger partial charge in [-0.25, -0.2) is 9.78 Å². The predicted molar refractivity (Wildman–Crippen MR) is 125 cm³/mol. The number of pyridine rings is 1. The number of aryl methyl sites for hydroxylation is 1. The average Bonchev–Trinajstić information content (AvgIpc) is 3.29. The Balaban J connectivity index is 1.45. The number of hydrogen-bond acceptors (Lipinski definition) is 3. The van der Waals surface area contributed by atoms with E-state index in [1.165, 1.54) is 23.2 Å². The molecule has 5 rings (SSSR count). The summed E-state index contributed by atoms with van der Waals surface area (Å²) in [5.74, 6) is -0.550. The summed E-state index contributed by atoms with van der Waals surface area (Å²) >= 11 is 0. The molecule has 0 N–H and O–H groups in total. The van der Waals surface area contributed by atoms with Gasteiger partial charge in [0.25, 0.3) is 0 Å². The first-order chi connectivity index (χ1) is 16.7. The topological polar surface area (TPSA) is 39.7 Å². The number of carbonyl (C=O) groups is 1. The van der Waals surface area contributed by atoms with Crippen LogP contribution in [0.2, 0.25) is 0 Å². The second-order valence-corrected chi connectivity index (χ2v) is 8.94. The number of hydrogen-bond donors (Lipinski definition) is 0. The molecule has 9 heteroatoms. The lowest BCUT2D eigenvalue weighted by molar-refractivity contribution is -0.138. The van der Waals surface area contributed by atoms with Crippen LogP contribution < -0.4 is 9.80 Å². The summed E-state index contributed by atoms with van der Waals surface area (Å²) in [7, 11) is 0. The lowest BCUT2D eigenvalue weighted by Gasteiger charge is -2.40. The van der Waals surface area contributed by atoms with E-state index < -0.39 is 17.7 Å². The van der Waals surface area contributed by atoms with Gasteiger partial charge in [-0.3, -0.25) is 4.90 Å². The summed E-state index contributed by atoms with van der Waals surface area (Å²) < 4.78 is 55.3. The van der Waals surface area contributed by atoms with Crippen molar-refractivity contribution in [2.45, 2.75) is 38.7 Å². The zero-order chi connectivity index (χ0) is 24.7. The normalized spacial score (nSPS) is 18.3. The maximum atomic E-state index is 14.5. The summed E-state index contributed by atoms with van der Waals surface area (Å²) in [5, 5.41) is 0. The molecule has 3 heterocycles. The molecule has 1 saturated heterocycles. The summed E-state index contributed by atoms with van der Waals surface area (Å²) in [6, 6.07) is 13.8. The molecule has 182 valence electrons. The second kappa shape index (κ2) is 8.87. The number of carbonyl (C=O) groups excluding carboxylic acids is 1. The van der Waals surface area contributed by atoms with Crippen LogP contribution in [0.1, 0.15) is 28.7 Å². The predicted octanol–water partition coefficient (Wildman–Crippen LogP) is 5.77. The van der Waals surface area contributed by atoms with Crippen molar-refractivity contribution in [3.8, 4) is 0 Å². The first-order valence-corrected chi connectivity index (χ1v) is 11.4. The Morgan fingerprint density at radius 3 is 2.57 bits per heavy atom. The molecule has 1 aromatic heterocycles. The van der Waals surface area contributed by atoms with Crippen molar-refractivity contribution in [2.24, 2.45) is 0 Å². The van der Waals surface area contributed by atoms with Gasteiger partial charge in [-0.1, -0.05) is 36.4 Å². The lowest BCUT2D eigenvalue weighted by Crippen LogP contribution is -2.52. The number of amides is 2. The molecule has 2 amide bonds. The van der Waals surface area contributed by atoms with Crippen LogP contribution in [-0.4, -0.2) is 35.0 Å². The second-order valence-electron chi connectivity index (χ2n) is 8.94. The van der Waals surface area contributed by atoms with Gasteiger partial charge >= 0.3 is 12.2 Å². The highest BCUT2D eigenvalue weighted by Gasteiger charge is 2.40. The molecule has 1 atom stereocenters. The Hall–Kier alpha value is -3.62. The molecule has 5 nitrogen and oxygen atoms in total. The first kappa shape index (κ1) is 23.1. The van der Waals surface area contributed by atoms with Crippen molar-refractivity contribution in [3.63, 3.8) is 0 Å². The fourth-order valence-corrected chi connectivity index (χ4v) is 5.06. The van der Waals surface area contributed by atoms with Gasteiger partial charge in [0.05, 0.1) is 29.5 Å². The Morgan fingerprint density at radius 1 is 1.06 bits per heavy atom. The van der Waals surface area contributed by atoms with Crippen LogP contribution >= 0.6 is 0 Å². The Labute approximate surface area is 200 Å². The maximum Gasteiger partial charge on any atom is 0.416 e. The summed E-state index contributed by atoms with van der Waals surface area (Å²) in [4.78, 5) is 22.5. The quantitative estimate of drug-likeness (QED) is 0.349. The van der Waals surface area contributed by atoms with E-state index in [4.69, 9.17) is 0 Å². The SMILES string of the molecule is Cc1ccnc(F)c1N1CC[C@@H](N2Cc3ccccc3N(Cc3ccccc3C(F)(F)F)C2=O)C1. The van der Waals surface area contributed by atoms with E-state index in [0.717, 1.165) is 17.2 Å². The Morgan fingerprint density at radius 2 is 1.80 bits per heavy atom. The van der Waals surface area contributed by atoms with E-state index in [2.05, 4.69) is 4.98 Å². The number of rotatable bonds is 4. The fraction of sp³-hybridized carbons (Fsp3) is 0.308. The van der Waals surface area contributed by atoms with Gasteiger partial charge in [-0.2, -0.15) is 17.6 Å². The van der Waals surface area contributed by atoms with Crippen molar-refractivity contribution >= 4 is 17.4 Å². The Kier molecular flexibility index (Phi) is 5.86. The third kappa shape index (κ3) is 4.31. The maximum absolute atomic E-state index is 14.5. The van der Waals surface area contributed by atoms with E-state index in [1.807, 2.05) is 24.0 Å². The minimum absolute atomic E-state index is 0.0334. The molecule has 2 aromatic carbocycles. The Bertz CT molecular complexity index is 1240. The van der Waals surface area contributed by atoms with Crippen LogP contribution in [-0.2, 0) is 19.3 Å². The highest BCUT2D eigenvalue weighted by atomic mass is 19.4. The van der Waals surface area contributed by atoms with E-state index in [0.29, 0.717) is 37.4 Å². The molecule has 3 aromatic rings. The summed E-state index contributed by atoms with van der Waals surface area (Å²) in [6.45, 7) is 2.94. The van der Waals surface area contributed by atoms with E-state index in [-0.39, 0.29) is 24.2 Å². The van der Waals surface area contributed by atoms with Gasteiger partial charge in [0.1, 0.15) is 0 Å². The number of alkyl halides is 3. The van der Waals surface area contributed by atoms with Gasteiger partial charge in [0.15, 0.2) is 0 Å². The highest BCUT2D eigenvalue weighted by molar-refractivity contribution is 5.95. The average molecular weight is 484 g/mol. The third-order valence-electron chi connectivity index (χ3n) is 6.75. The molecule has 35 heavy (non-hydrogen) atoms. The molecule has 0 bridgehead atoms. The molecule has 1 fully saturated rings. The third-order valence-corrected chi connectivity index (χ3v) is 6.75. The standard InChI is InChI=1S/C26H24F4N4O/c1-17-10-12-31-24(27)23(17)32-13-11-20(16-32)33-15-19-7-3-5-9-22(19)34(25(33)35)14-18-6-2-4-8-21(18)26(28,29)30/h2-10,12,20H,11,13-16H2,1H3/t20-/m1/s1. The number of benzene rings is 2. The van der Waals surface area contributed by atoms with Crippen LogP contribution in [0.3, 0.4) is 0 Å². The van der Waals surface area contributed by atoms with Crippen LogP contribution in [0.5, 0.6) is 0 Å². The van der Waals surface area contributed by atoms with Crippen molar-refractivity contribution in [1.82, 2.24) is 9.88 Å². The van der Waals surface area contributed by atoms with E-state index >= 15 is 0 Å². The van der Waals surface area contributed by atoms with E-state index in [1.54, 1.807) is 29.2 Å². The van der Waals surface area contributed by atoms with Crippen molar-refractivity contribution in [1.29, 1.82) is 0 Å². The number of aromatic nitrogens is 1. The van der Waals surface area contributed by atoms with Crippen LogP contribution in [0, 0.1) is 12.9 Å². The van der Waals surface area contributed by atoms with E-state index in [9.17, 15) is 22.4 Å². The van der Waals surface area contributed by atoms with Gasteiger partial charge in [-0.05, 0) is 48.2 Å². The highest BCUT2D eigenvalue weighted by Crippen LogP contribution is 2.37. The van der Waals surface area contributed by atoms with Crippen molar-refractivity contribution < 1.29 is 22.4 Å². The van der Waals surface area contributed by atoms with Crippen LogP contribution in [0.15, 0.2) is 60.8 Å². The molecule has 2 aliphatic rings. The van der Waals surface area contributed by atoms with Crippen LogP contribution in [0.25, 0.3) is 0 Å². The zero-order valence-electron chi connectivity index (χ0n) is 19.1. The zero-order valence-corrected chi connectivity index (χ0v) is 19.1. The summed E-state index contributed by atoms with van der Waals surface area (Å²) in [6.07, 6.45) is -2.48. The fourth-order valence-electron chi connectivity index (χ4n) is 5.06. The van der Waals surface area contributed by atoms with Crippen molar-refractivity contribution in [2.75, 3.05) is 22.9 Å². The smallest absolute Gasteiger partial charge is 0.365 e. The number of anilines is 2. The van der Waals surface area contributed by atoms with Gasteiger partial charge in [0, 0.05) is 25.8 Å². The molecule has 2 aliphatic heterocycles. The number of halogens is 4. The number of nitrogens with zero attached hydrogens (tertiary/aromatic N) is 4. The van der Waals surface area contributed by atoms with Gasteiger partial charge in [-0.15, -0.1) is 0 Å². The largest absolute Gasteiger partial charge is 0.416 e. The summed E-state index contributed by atoms with van der Waals surface area (Å²) in [5.41, 5.74) is 1.94. The lowest BCUT2D eigenvalue weighted by atomic mass is 10.0. The molecule has 0 unspecified atom stereocenters. The van der Waals surface area contributed by atoms with Gasteiger partial charge < -0.3 is 9.80 Å². The molecular weight excluding hydrogens is 460 g/mol. The molecule has 0 radical (unpaired) electrons. The number of para-hydroxylation sites is 1. The van der Waals surface area contributed by atoms with Gasteiger partial charge in [0.2, 0.25) is 5.95 Å². The minimum atomic E-state index is -4.52. The number of fused-ring (bicyclic) bond motifs is 1. The minimum Gasteiger partial charge on any atom is -0.365 e. The monoisotopic (exact) mass is 484 g/mol. The molecule has 0 spiro atoms. The van der Waals surface area contributed by atoms with Crippen molar-refractivity contribution in [3.05, 3.63) is 89.0 Å². The first-order valence-electron chi connectivity index (χ1n) is 11.4. The number of urea groups is 1. The molecule has 0 aliphatic carbocycles. The molecule has 0 saturated carbocycles.